The summed E-state index contributed by atoms with van der Waals surface area (Å²) in [5.41, 5.74) is 2.08. The lowest BCUT2D eigenvalue weighted by atomic mass is 9.96. The molecule has 156 valence electrons. The average molecular weight is 573 g/mol. The van der Waals surface area contributed by atoms with Gasteiger partial charge in [0.05, 0.1) is 0 Å². The van der Waals surface area contributed by atoms with Gasteiger partial charge in [-0.05, 0) is 61.7 Å². The number of amides is 1. The van der Waals surface area contributed by atoms with Crippen LogP contribution in [-0.4, -0.2) is 36.6 Å². The molecule has 0 saturated heterocycles. The van der Waals surface area contributed by atoms with Crippen LogP contribution in [0.15, 0.2) is 58.0 Å². The first kappa shape index (κ1) is 23.5. The molecular formula is C21H26BrIN4O2. The number of nitrogens with one attached hydrogen (secondary N) is 3. The van der Waals surface area contributed by atoms with E-state index in [1.807, 2.05) is 13.0 Å². The third-order valence-electron chi connectivity index (χ3n) is 4.76. The molecule has 0 atom stereocenters. The van der Waals surface area contributed by atoms with Crippen molar-refractivity contribution in [1.29, 1.82) is 0 Å². The number of aromatic hydroxyl groups is 1. The fourth-order valence-corrected chi connectivity index (χ4v) is 3.43. The van der Waals surface area contributed by atoms with E-state index in [-0.39, 0.29) is 47.6 Å². The Hall–Kier alpha value is -1.81. The zero-order valence-electron chi connectivity index (χ0n) is 16.2. The molecule has 0 aromatic heterocycles. The molecule has 3 rings (SSSR count). The van der Waals surface area contributed by atoms with Crippen LogP contribution in [0.4, 0.5) is 5.69 Å². The number of hydrogen-bond donors (Lipinski definition) is 4. The number of aliphatic imine (C=N–C) groups is 1. The molecule has 6 nitrogen and oxygen atoms in total. The standard InChI is InChI=1S/C21H25BrN4O2.HI/c1-2-23-20(24-13-19(28)26-17-6-8-18(27)9-7-17)25-14-21(10-11-21)15-4-3-5-16(22)12-15;/h3-9,12,27H,2,10-11,13-14H2,1H3,(H,26,28)(H2,23,24,25);1H. The summed E-state index contributed by atoms with van der Waals surface area (Å²) in [6, 6.07) is 14.8. The van der Waals surface area contributed by atoms with Gasteiger partial charge >= 0.3 is 0 Å². The van der Waals surface area contributed by atoms with Gasteiger partial charge in [-0.25, -0.2) is 4.99 Å². The number of phenolic OH excluding ortho intramolecular Hbond substituents is 1. The highest BCUT2D eigenvalue weighted by Gasteiger charge is 2.44. The van der Waals surface area contributed by atoms with Gasteiger partial charge in [0.1, 0.15) is 12.3 Å². The summed E-state index contributed by atoms with van der Waals surface area (Å²) in [6.07, 6.45) is 2.27. The first-order chi connectivity index (χ1) is 13.5. The van der Waals surface area contributed by atoms with Crippen LogP contribution < -0.4 is 16.0 Å². The molecule has 0 spiro atoms. The van der Waals surface area contributed by atoms with Gasteiger partial charge in [0.25, 0.3) is 0 Å². The van der Waals surface area contributed by atoms with E-state index in [2.05, 4.69) is 55.1 Å². The molecule has 2 aromatic carbocycles. The number of rotatable bonds is 7. The Kier molecular flexibility index (Phi) is 8.76. The summed E-state index contributed by atoms with van der Waals surface area (Å²) in [5.74, 6) is 0.578. The van der Waals surface area contributed by atoms with Crippen molar-refractivity contribution in [3.63, 3.8) is 0 Å². The molecule has 0 unspecified atom stereocenters. The molecule has 1 amide bonds. The van der Waals surface area contributed by atoms with Gasteiger partial charge in [0, 0.05) is 28.7 Å². The third kappa shape index (κ3) is 6.88. The zero-order chi connectivity index (χ0) is 20.0. The maximum atomic E-state index is 12.1. The van der Waals surface area contributed by atoms with Crippen molar-refractivity contribution in [3.05, 3.63) is 58.6 Å². The van der Waals surface area contributed by atoms with Crippen LogP contribution in [0.25, 0.3) is 0 Å². The second-order valence-electron chi connectivity index (χ2n) is 6.93. The van der Waals surface area contributed by atoms with Gasteiger partial charge in [0.15, 0.2) is 5.96 Å². The largest absolute Gasteiger partial charge is 0.508 e. The predicted octanol–water partition coefficient (Wildman–Crippen LogP) is 4.00. The smallest absolute Gasteiger partial charge is 0.246 e. The van der Waals surface area contributed by atoms with E-state index in [9.17, 15) is 9.90 Å². The van der Waals surface area contributed by atoms with Crippen molar-refractivity contribution >= 4 is 57.5 Å². The highest BCUT2D eigenvalue weighted by atomic mass is 127. The summed E-state index contributed by atoms with van der Waals surface area (Å²) in [5, 5.41) is 18.6. The lowest BCUT2D eigenvalue weighted by molar-refractivity contribution is -0.114. The number of hydrogen-bond acceptors (Lipinski definition) is 3. The maximum Gasteiger partial charge on any atom is 0.246 e. The van der Waals surface area contributed by atoms with Crippen molar-refractivity contribution in [2.24, 2.45) is 4.99 Å². The second kappa shape index (κ2) is 10.8. The first-order valence-electron chi connectivity index (χ1n) is 9.38. The predicted molar refractivity (Wildman–Crippen MR) is 131 cm³/mol. The number of halogens is 2. The molecule has 2 aromatic rings. The number of anilines is 1. The van der Waals surface area contributed by atoms with Crippen LogP contribution >= 0.6 is 39.9 Å². The Morgan fingerprint density at radius 3 is 2.52 bits per heavy atom. The first-order valence-corrected chi connectivity index (χ1v) is 10.2. The van der Waals surface area contributed by atoms with Crippen molar-refractivity contribution in [1.82, 2.24) is 10.6 Å². The lowest BCUT2D eigenvalue weighted by Gasteiger charge is -2.19. The molecule has 1 aliphatic carbocycles. The Morgan fingerprint density at radius 1 is 1.17 bits per heavy atom. The Labute approximate surface area is 196 Å². The van der Waals surface area contributed by atoms with E-state index in [1.54, 1.807) is 12.1 Å². The van der Waals surface area contributed by atoms with Gasteiger partial charge in [-0.15, -0.1) is 24.0 Å². The molecule has 29 heavy (non-hydrogen) atoms. The van der Waals surface area contributed by atoms with Crippen molar-refractivity contribution in [2.45, 2.75) is 25.2 Å². The Balaban J connectivity index is 0.00000300. The molecule has 0 bridgehead atoms. The Bertz CT molecular complexity index is 854. The number of nitrogens with zero attached hydrogens (tertiary/aromatic N) is 1. The monoisotopic (exact) mass is 572 g/mol. The highest BCUT2D eigenvalue weighted by molar-refractivity contribution is 14.0. The minimum atomic E-state index is -0.212. The van der Waals surface area contributed by atoms with Gasteiger partial charge in [-0.1, -0.05) is 28.1 Å². The summed E-state index contributed by atoms with van der Waals surface area (Å²) in [4.78, 5) is 16.5. The molecule has 0 radical (unpaired) electrons. The van der Waals surface area contributed by atoms with Gasteiger partial charge in [-0.3, -0.25) is 4.79 Å². The number of guanidine groups is 1. The molecule has 1 fully saturated rings. The van der Waals surface area contributed by atoms with Crippen LogP contribution in [-0.2, 0) is 10.2 Å². The van der Waals surface area contributed by atoms with Crippen molar-refractivity contribution < 1.29 is 9.90 Å². The molecular weight excluding hydrogens is 547 g/mol. The van der Waals surface area contributed by atoms with E-state index in [0.717, 1.165) is 30.4 Å². The molecule has 1 saturated carbocycles. The van der Waals surface area contributed by atoms with Crippen LogP contribution in [0.3, 0.4) is 0 Å². The van der Waals surface area contributed by atoms with Gasteiger partial charge < -0.3 is 21.1 Å². The van der Waals surface area contributed by atoms with Crippen molar-refractivity contribution in [2.75, 3.05) is 25.0 Å². The van der Waals surface area contributed by atoms with E-state index in [4.69, 9.17) is 0 Å². The summed E-state index contributed by atoms with van der Waals surface area (Å²) >= 11 is 3.54. The SMILES string of the molecule is CCNC(=NCC(=O)Nc1ccc(O)cc1)NCC1(c2cccc(Br)c2)CC1.I. The van der Waals surface area contributed by atoms with E-state index in [0.29, 0.717) is 11.6 Å². The number of carbonyl (C=O) groups is 1. The number of benzene rings is 2. The highest BCUT2D eigenvalue weighted by Crippen LogP contribution is 2.48. The van der Waals surface area contributed by atoms with E-state index in [1.165, 1.54) is 17.7 Å². The topological polar surface area (TPSA) is 85.8 Å². The van der Waals surface area contributed by atoms with Gasteiger partial charge in [0.2, 0.25) is 5.91 Å². The number of carbonyl (C=O) groups excluding carboxylic acids is 1. The summed E-state index contributed by atoms with van der Waals surface area (Å²) in [6.45, 7) is 3.50. The van der Waals surface area contributed by atoms with Crippen molar-refractivity contribution in [3.8, 4) is 5.75 Å². The minimum absolute atomic E-state index is 0. The van der Waals surface area contributed by atoms with Gasteiger partial charge in [-0.2, -0.15) is 0 Å². The lowest BCUT2D eigenvalue weighted by Crippen LogP contribution is -2.41. The van der Waals surface area contributed by atoms with Crippen LogP contribution in [0.5, 0.6) is 5.75 Å². The molecule has 8 heteroatoms. The zero-order valence-corrected chi connectivity index (χ0v) is 20.2. The summed E-state index contributed by atoms with van der Waals surface area (Å²) in [7, 11) is 0. The minimum Gasteiger partial charge on any atom is -0.508 e. The van der Waals surface area contributed by atoms with Crippen LogP contribution in [0, 0.1) is 0 Å². The quantitative estimate of drug-likeness (QED) is 0.175. The van der Waals surface area contributed by atoms with E-state index < -0.39 is 0 Å². The molecule has 1 aliphatic rings. The maximum absolute atomic E-state index is 12.1. The average Bonchev–Trinajstić information content (AvgIpc) is 3.47. The fourth-order valence-electron chi connectivity index (χ4n) is 3.03. The van der Waals surface area contributed by atoms with E-state index >= 15 is 0 Å². The Morgan fingerprint density at radius 2 is 1.90 bits per heavy atom. The third-order valence-corrected chi connectivity index (χ3v) is 5.25. The fraction of sp³-hybridized carbons (Fsp3) is 0.333. The summed E-state index contributed by atoms with van der Waals surface area (Å²) < 4.78 is 1.09. The van der Waals surface area contributed by atoms with Crippen LogP contribution in [0.1, 0.15) is 25.3 Å². The number of phenols is 1. The second-order valence-corrected chi connectivity index (χ2v) is 7.85. The van der Waals surface area contributed by atoms with Crippen LogP contribution in [0.2, 0.25) is 0 Å². The molecule has 0 heterocycles. The molecule has 4 N–H and O–H groups in total. The molecule has 0 aliphatic heterocycles. The normalized spacial score (nSPS) is 14.5.